The average Bonchev–Trinajstić information content (AvgIpc) is 3.09. The minimum atomic E-state index is -0.204. The summed E-state index contributed by atoms with van der Waals surface area (Å²) in [6.45, 7) is 4.20. The average molecular weight is 259 g/mol. The van der Waals surface area contributed by atoms with Crippen LogP contribution in [0.5, 0.6) is 0 Å². The molecule has 3 heterocycles. The molecule has 1 aliphatic rings. The van der Waals surface area contributed by atoms with Gasteiger partial charge in [0, 0.05) is 31.7 Å². The number of fused-ring (bicyclic) bond motifs is 1. The monoisotopic (exact) mass is 259 g/mol. The molecule has 100 valence electrons. The van der Waals surface area contributed by atoms with E-state index in [0.717, 1.165) is 25.2 Å². The molecule has 0 fully saturated rings. The molecule has 3 rings (SSSR count). The van der Waals surface area contributed by atoms with Crippen LogP contribution >= 0.6 is 0 Å². The Labute approximate surface area is 111 Å². The van der Waals surface area contributed by atoms with Crippen molar-refractivity contribution in [2.24, 2.45) is 0 Å². The zero-order valence-electron chi connectivity index (χ0n) is 10.9. The standard InChI is InChI=1S/C13H17N5O/c1-2-12(18-5-3-4-15-18)13(19)16-6-7-17-10-14-8-11(17)9-16/h3-5,8,10,12H,2,6-7,9H2,1H3. The SMILES string of the molecule is CCC(C(=O)N1CCn2cncc2C1)n1cccn1. The molecule has 1 unspecified atom stereocenters. The Morgan fingerprint density at radius 3 is 3.11 bits per heavy atom. The number of imidazole rings is 1. The molecular weight excluding hydrogens is 242 g/mol. The van der Waals surface area contributed by atoms with Crippen molar-refractivity contribution >= 4 is 5.91 Å². The van der Waals surface area contributed by atoms with E-state index < -0.39 is 0 Å². The lowest BCUT2D eigenvalue weighted by atomic mass is 10.1. The fourth-order valence-electron chi connectivity index (χ4n) is 2.52. The maximum atomic E-state index is 12.6. The van der Waals surface area contributed by atoms with Crippen molar-refractivity contribution < 1.29 is 4.79 Å². The predicted molar refractivity (Wildman–Crippen MR) is 69.2 cm³/mol. The van der Waals surface area contributed by atoms with Gasteiger partial charge in [0.15, 0.2) is 0 Å². The van der Waals surface area contributed by atoms with Gasteiger partial charge < -0.3 is 9.47 Å². The van der Waals surface area contributed by atoms with E-state index in [9.17, 15) is 4.79 Å². The number of carbonyl (C=O) groups excluding carboxylic acids is 1. The van der Waals surface area contributed by atoms with Gasteiger partial charge in [-0.05, 0) is 12.5 Å². The second-order valence-electron chi connectivity index (χ2n) is 4.75. The fourth-order valence-corrected chi connectivity index (χ4v) is 2.52. The molecule has 0 aliphatic carbocycles. The van der Waals surface area contributed by atoms with Crippen LogP contribution in [0.25, 0.3) is 0 Å². The Hall–Kier alpha value is -2.11. The van der Waals surface area contributed by atoms with Crippen LogP contribution in [0.15, 0.2) is 31.0 Å². The van der Waals surface area contributed by atoms with Gasteiger partial charge in [-0.1, -0.05) is 6.92 Å². The van der Waals surface area contributed by atoms with Crippen LogP contribution in [0.4, 0.5) is 0 Å². The number of carbonyl (C=O) groups is 1. The lowest BCUT2D eigenvalue weighted by Gasteiger charge is -2.31. The van der Waals surface area contributed by atoms with Gasteiger partial charge >= 0.3 is 0 Å². The first-order valence-electron chi connectivity index (χ1n) is 6.56. The number of amides is 1. The normalized spacial score (nSPS) is 16.2. The molecule has 1 aliphatic heterocycles. The van der Waals surface area contributed by atoms with Crippen LogP contribution in [-0.4, -0.2) is 36.7 Å². The summed E-state index contributed by atoms with van der Waals surface area (Å²) in [5.41, 5.74) is 1.09. The summed E-state index contributed by atoms with van der Waals surface area (Å²) in [5, 5.41) is 4.19. The van der Waals surface area contributed by atoms with Crippen LogP contribution in [0.3, 0.4) is 0 Å². The number of hydrogen-bond donors (Lipinski definition) is 0. The van der Waals surface area contributed by atoms with Crippen LogP contribution < -0.4 is 0 Å². The van der Waals surface area contributed by atoms with Gasteiger partial charge in [-0.3, -0.25) is 9.48 Å². The van der Waals surface area contributed by atoms with Crippen LogP contribution in [0.2, 0.25) is 0 Å². The molecule has 0 aromatic carbocycles. The number of nitrogens with zero attached hydrogens (tertiary/aromatic N) is 5. The van der Waals surface area contributed by atoms with E-state index in [1.54, 1.807) is 10.9 Å². The van der Waals surface area contributed by atoms with Crippen molar-refractivity contribution in [3.63, 3.8) is 0 Å². The van der Waals surface area contributed by atoms with Gasteiger partial charge in [0.25, 0.3) is 0 Å². The molecule has 0 saturated heterocycles. The molecular formula is C13H17N5O. The van der Waals surface area contributed by atoms with Crippen LogP contribution in [0.1, 0.15) is 25.1 Å². The second kappa shape index (κ2) is 4.87. The van der Waals surface area contributed by atoms with Gasteiger partial charge in [0.05, 0.1) is 18.6 Å². The summed E-state index contributed by atoms with van der Waals surface area (Å²) in [7, 11) is 0. The minimum absolute atomic E-state index is 0.138. The Balaban J connectivity index is 1.77. The molecule has 0 radical (unpaired) electrons. The zero-order valence-corrected chi connectivity index (χ0v) is 10.9. The third-order valence-electron chi connectivity index (χ3n) is 3.59. The molecule has 6 nitrogen and oxygen atoms in total. The molecule has 2 aromatic heterocycles. The van der Waals surface area contributed by atoms with Gasteiger partial charge in [-0.2, -0.15) is 5.10 Å². The van der Waals surface area contributed by atoms with E-state index >= 15 is 0 Å². The lowest BCUT2D eigenvalue weighted by molar-refractivity contribution is -0.136. The lowest BCUT2D eigenvalue weighted by Crippen LogP contribution is -2.42. The van der Waals surface area contributed by atoms with E-state index in [2.05, 4.69) is 14.6 Å². The molecule has 1 atom stereocenters. The molecule has 6 heteroatoms. The maximum Gasteiger partial charge on any atom is 0.247 e. The minimum Gasteiger partial charge on any atom is -0.333 e. The zero-order chi connectivity index (χ0) is 13.2. The van der Waals surface area contributed by atoms with Gasteiger partial charge in [-0.15, -0.1) is 0 Å². The largest absolute Gasteiger partial charge is 0.333 e. The highest BCUT2D eigenvalue weighted by Gasteiger charge is 2.27. The molecule has 2 aromatic rings. The Morgan fingerprint density at radius 1 is 1.47 bits per heavy atom. The van der Waals surface area contributed by atoms with Gasteiger partial charge in [-0.25, -0.2) is 4.98 Å². The molecule has 0 saturated carbocycles. The molecule has 0 spiro atoms. The van der Waals surface area contributed by atoms with E-state index in [0.29, 0.717) is 6.54 Å². The van der Waals surface area contributed by atoms with E-state index in [-0.39, 0.29) is 11.9 Å². The molecule has 19 heavy (non-hydrogen) atoms. The Bertz CT molecular complexity index is 559. The van der Waals surface area contributed by atoms with Crippen molar-refractivity contribution in [1.82, 2.24) is 24.2 Å². The third-order valence-corrected chi connectivity index (χ3v) is 3.59. The van der Waals surface area contributed by atoms with E-state index in [4.69, 9.17) is 0 Å². The van der Waals surface area contributed by atoms with Gasteiger partial charge in [0.2, 0.25) is 5.91 Å². The summed E-state index contributed by atoms with van der Waals surface area (Å²) in [6.07, 6.45) is 7.95. The second-order valence-corrected chi connectivity index (χ2v) is 4.75. The highest BCUT2D eigenvalue weighted by molar-refractivity contribution is 5.80. The molecule has 0 N–H and O–H groups in total. The molecule has 1 amide bonds. The van der Waals surface area contributed by atoms with E-state index in [1.165, 1.54) is 0 Å². The number of aromatic nitrogens is 4. The summed E-state index contributed by atoms with van der Waals surface area (Å²) in [5.74, 6) is 0.138. The highest BCUT2D eigenvalue weighted by atomic mass is 16.2. The number of rotatable bonds is 3. The van der Waals surface area contributed by atoms with Crippen molar-refractivity contribution in [3.05, 3.63) is 36.7 Å². The Morgan fingerprint density at radius 2 is 2.37 bits per heavy atom. The first-order valence-corrected chi connectivity index (χ1v) is 6.56. The third kappa shape index (κ3) is 2.14. The van der Waals surface area contributed by atoms with Crippen LogP contribution in [0, 0.1) is 0 Å². The van der Waals surface area contributed by atoms with Crippen molar-refractivity contribution in [1.29, 1.82) is 0 Å². The quantitative estimate of drug-likeness (QED) is 0.828. The van der Waals surface area contributed by atoms with Crippen LogP contribution in [-0.2, 0) is 17.9 Å². The van der Waals surface area contributed by atoms with Crippen molar-refractivity contribution in [3.8, 4) is 0 Å². The fraction of sp³-hybridized carbons (Fsp3) is 0.462. The van der Waals surface area contributed by atoms with Crippen molar-refractivity contribution in [2.45, 2.75) is 32.5 Å². The Kier molecular flexibility index (Phi) is 3.06. The predicted octanol–water partition coefficient (Wildman–Crippen LogP) is 1.07. The van der Waals surface area contributed by atoms with E-state index in [1.807, 2.05) is 36.6 Å². The molecule has 0 bridgehead atoms. The first kappa shape index (κ1) is 12.0. The topological polar surface area (TPSA) is 56.0 Å². The highest BCUT2D eigenvalue weighted by Crippen LogP contribution is 2.18. The number of hydrogen-bond acceptors (Lipinski definition) is 3. The summed E-state index contributed by atoms with van der Waals surface area (Å²) < 4.78 is 3.84. The smallest absolute Gasteiger partial charge is 0.247 e. The van der Waals surface area contributed by atoms with Crippen molar-refractivity contribution in [2.75, 3.05) is 6.54 Å². The summed E-state index contributed by atoms with van der Waals surface area (Å²) in [6, 6.07) is 1.64. The summed E-state index contributed by atoms with van der Waals surface area (Å²) in [4.78, 5) is 18.6. The summed E-state index contributed by atoms with van der Waals surface area (Å²) >= 11 is 0. The first-order chi connectivity index (χ1) is 9.29. The maximum absolute atomic E-state index is 12.6. The van der Waals surface area contributed by atoms with Gasteiger partial charge in [0.1, 0.15) is 6.04 Å².